The Bertz CT molecular complexity index is 707. The van der Waals surface area contributed by atoms with Crippen LogP contribution in [0.1, 0.15) is 65.9 Å². The minimum Gasteiger partial charge on any atom is -0.337 e. The first-order valence-electron chi connectivity index (χ1n) is 8.01. The summed E-state index contributed by atoms with van der Waals surface area (Å²) in [5.41, 5.74) is 0.955. The molecule has 1 atom stereocenters. The highest BCUT2D eigenvalue weighted by atomic mass is 32.1. The van der Waals surface area contributed by atoms with Crippen LogP contribution in [0.15, 0.2) is 4.52 Å². The van der Waals surface area contributed by atoms with Crippen LogP contribution in [-0.4, -0.2) is 32.5 Å². The van der Waals surface area contributed by atoms with Crippen molar-refractivity contribution in [2.24, 2.45) is 0 Å². The summed E-state index contributed by atoms with van der Waals surface area (Å²) in [4.78, 5) is 24.5. The van der Waals surface area contributed by atoms with Crippen LogP contribution in [0.2, 0.25) is 0 Å². The Morgan fingerprint density at radius 1 is 1.39 bits per heavy atom. The highest BCUT2D eigenvalue weighted by Gasteiger charge is 2.34. The second kappa shape index (κ2) is 6.39. The van der Waals surface area contributed by atoms with E-state index in [0.29, 0.717) is 18.1 Å². The van der Waals surface area contributed by atoms with E-state index >= 15 is 0 Å². The highest BCUT2D eigenvalue weighted by molar-refractivity contribution is 7.11. The van der Waals surface area contributed by atoms with Crippen LogP contribution in [0.25, 0.3) is 0 Å². The molecule has 2 aromatic heterocycles. The molecule has 7 heteroatoms. The smallest absolute Gasteiger partial charge is 0.249 e. The second-order valence-electron chi connectivity index (χ2n) is 6.31. The molecule has 0 saturated carbocycles. The van der Waals surface area contributed by atoms with Crippen molar-refractivity contribution in [1.29, 1.82) is 0 Å². The van der Waals surface area contributed by atoms with Gasteiger partial charge in [-0.1, -0.05) is 19.0 Å². The standard InChI is InChI=1S/C16H22N4O2S/c1-9(2)15-18-16(22-19-15)12-6-5-7-20(12)14(21)8-13-10(3)17-11(4)23-13/h9,12H,5-8H2,1-4H3. The summed E-state index contributed by atoms with van der Waals surface area (Å²) in [7, 11) is 0. The fraction of sp³-hybridized carbons (Fsp3) is 0.625. The number of thiazole rings is 1. The van der Waals surface area contributed by atoms with Gasteiger partial charge < -0.3 is 9.42 Å². The largest absolute Gasteiger partial charge is 0.337 e. The number of aryl methyl sites for hydroxylation is 2. The molecule has 3 rings (SSSR count). The van der Waals surface area contributed by atoms with E-state index in [1.165, 1.54) is 0 Å². The number of hydrogen-bond acceptors (Lipinski definition) is 6. The van der Waals surface area contributed by atoms with Crippen molar-refractivity contribution in [2.75, 3.05) is 6.54 Å². The molecular formula is C16H22N4O2S. The van der Waals surface area contributed by atoms with Crippen LogP contribution in [0, 0.1) is 13.8 Å². The van der Waals surface area contributed by atoms with Crippen molar-refractivity contribution in [3.63, 3.8) is 0 Å². The molecule has 0 aliphatic carbocycles. The Labute approximate surface area is 139 Å². The molecule has 0 aromatic carbocycles. The average molecular weight is 334 g/mol. The Morgan fingerprint density at radius 2 is 2.17 bits per heavy atom. The second-order valence-corrected chi connectivity index (χ2v) is 7.60. The van der Waals surface area contributed by atoms with Gasteiger partial charge in [0.05, 0.1) is 17.1 Å². The average Bonchev–Trinajstić information content (AvgIpc) is 3.18. The molecule has 1 aliphatic heterocycles. The minimum atomic E-state index is -0.0863. The van der Waals surface area contributed by atoms with Gasteiger partial charge in [0.25, 0.3) is 0 Å². The molecule has 0 bridgehead atoms. The highest BCUT2D eigenvalue weighted by Crippen LogP contribution is 2.32. The van der Waals surface area contributed by atoms with Gasteiger partial charge in [-0.15, -0.1) is 11.3 Å². The molecule has 1 unspecified atom stereocenters. The lowest BCUT2D eigenvalue weighted by Gasteiger charge is -2.21. The third-order valence-corrected chi connectivity index (χ3v) is 5.22. The fourth-order valence-corrected chi connectivity index (χ4v) is 3.84. The van der Waals surface area contributed by atoms with Gasteiger partial charge in [0.2, 0.25) is 11.8 Å². The first-order chi connectivity index (χ1) is 11.0. The zero-order chi connectivity index (χ0) is 16.6. The van der Waals surface area contributed by atoms with E-state index in [-0.39, 0.29) is 17.9 Å². The van der Waals surface area contributed by atoms with Crippen LogP contribution in [0.3, 0.4) is 0 Å². The Morgan fingerprint density at radius 3 is 2.78 bits per heavy atom. The van der Waals surface area contributed by atoms with Gasteiger partial charge in [0.15, 0.2) is 5.82 Å². The number of amides is 1. The zero-order valence-corrected chi connectivity index (χ0v) is 14.8. The van der Waals surface area contributed by atoms with E-state index in [9.17, 15) is 4.79 Å². The number of hydrogen-bond donors (Lipinski definition) is 0. The van der Waals surface area contributed by atoms with E-state index in [4.69, 9.17) is 4.52 Å². The summed E-state index contributed by atoms with van der Waals surface area (Å²) >= 11 is 1.60. The van der Waals surface area contributed by atoms with E-state index in [2.05, 4.69) is 15.1 Å². The lowest BCUT2D eigenvalue weighted by molar-refractivity contribution is -0.131. The van der Waals surface area contributed by atoms with Crippen molar-refractivity contribution < 1.29 is 9.32 Å². The third-order valence-electron chi connectivity index (χ3n) is 4.14. The Hall–Kier alpha value is -1.76. The van der Waals surface area contributed by atoms with E-state index in [1.807, 2.05) is 32.6 Å². The number of carbonyl (C=O) groups is 1. The predicted octanol–water partition coefficient (Wildman–Crippen LogP) is 3.17. The van der Waals surface area contributed by atoms with Crippen molar-refractivity contribution >= 4 is 17.2 Å². The number of carbonyl (C=O) groups excluding carboxylic acids is 1. The normalized spacial score (nSPS) is 18.1. The zero-order valence-electron chi connectivity index (χ0n) is 14.0. The van der Waals surface area contributed by atoms with Crippen LogP contribution >= 0.6 is 11.3 Å². The lowest BCUT2D eigenvalue weighted by atomic mass is 10.2. The summed E-state index contributed by atoms with van der Waals surface area (Å²) in [5, 5.41) is 5.03. The number of aromatic nitrogens is 3. The van der Waals surface area contributed by atoms with Gasteiger partial charge in [-0.3, -0.25) is 4.79 Å². The SMILES string of the molecule is Cc1nc(C)c(CC(=O)N2CCCC2c2nc(C(C)C)no2)s1. The third kappa shape index (κ3) is 3.29. The van der Waals surface area contributed by atoms with Gasteiger partial charge in [-0.25, -0.2) is 4.98 Å². The molecule has 23 heavy (non-hydrogen) atoms. The van der Waals surface area contributed by atoms with Gasteiger partial charge in [0.1, 0.15) is 6.04 Å². The Balaban J connectivity index is 1.75. The van der Waals surface area contributed by atoms with Crippen molar-refractivity contribution in [2.45, 2.75) is 58.9 Å². The molecule has 0 spiro atoms. The van der Waals surface area contributed by atoms with Crippen molar-refractivity contribution in [1.82, 2.24) is 20.0 Å². The first-order valence-corrected chi connectivity index (χ1v) is 8.83. The summed E-state index contributed by atoms with van der Waals surface area (Å²) in [6, 6.07) is -0.0863. The lowest BCUT2D eigenvalue weighted by Crippen LogP contribution is -2.32. The molecule has 0 radical (unpaired) electrons. The number of likely N-dealkylation sites (tertiary alicyclic amines) is 1. The maximum Gasteiger partial charge on any atom is 0.249 e. The summed E-state index contributed by atoms with van der Waals surface area (Å²) < 4.78 is 5.40. The molecule has 1 saturated heterocycles. The quantitative estimate of drug-likeness (QED) is 0.859. The topological polar surface area (TPSA) is 72.1 Å². The molecule has 1 fully saturated rings. The molecule has 0 N–H and O–H groups in total. The van der Waals surface area contributed by atoms with E-state index in [0.717, 1.165) is 35.0 Å². The van der Waals surface area contributed by atoms with Crippen LogP contribution < -0.4 is 0 Å². The maximum atomic E-state index is 12.7. The molecular weight excluding hydrogens is 312 g/mol. The van der Waals surface area contributed by atoms with Crippen LogP contribution in [-0.2, 0) is 11.2 Å². The number of rotatable bonds is 4. The van der Waals surface area contributed by atoms with Gasteiger partial charge in [-0.05, 0) is 26.7 Å². The van der Waals surface area contributed by atoms with Gasteiger partial charge >= 0.3 is 0 Å². The predicted molar refractivity (Wildman–Crippen MR) is 87.4 cm³/mol. The first kappa shape index (κ1) is 16.1. The molecule has 3 heterocycles. The molecule has 124 valence electrons. The van der Waals surface area contributed by atoms with Gasteiger partial charge in [0, 0.05) is 17.3 Å². The maximum absolute atomic E-state index is 12.7. The van der Waals surface area contributed by atoms with E-state index in [1.54, 1.807) is 11.3 Å². The molecule has 2 aromatic rings. The minimum absolute atomic E-state index is 0.0863. The molecule has 1 amide bonds. The summed E-state index contributed by atoms with van der Waals surface area (Å²) in [6.45, 7) is 8.73. The summed E-state index contributed by atoms with van der Waals surface area (Å²) in [5.74, 6) is 1.61. The number of nitrogens with zero attached hydrogens (tertiary/aromatic N) is 4. The molecule has 1 aliphatic rings. The summed E-state index contributed by atoms with van der Waals surface area (Å²) in [6.07, 6.45) is 2.25. The van der Waals surface area contributed by atoms with Crippen LogP contribution in [0.5, 0.6) is 0 Å². The van der Waals surface area contributed by atoms with E-state index < -0.39 is 0 Å². The van der Waals surface area contributed by atoms with Crippen molar-refractivity contribution in [3.8, 4) is 0 Å². The Kier molecular flexibility index (Phi) is 4.48. The van der Waals surface area contributed by atoms with Gasteiger partial charge in [-0.2, -0.15) is 4.98 Å². The monoisotopic (exact) mass is 334 g/mol. The van der Waals surface area contributed by atoms with Crippen LogP contribution in [0.4, 0.5) is 0 Å². The van der Waals surface area contributed by atoms with Crippen molar-refractivity contribution in [3.05, 3.63) is 27.3 Å². The molecule has 6 nitrogen and oxygen atoms in total. The fourth-order valence-electron chi connectivity index (χ4n) is 2.92.